The van der Waals surface area contributed by atoms with Gasteiger partial charge in [-0.2, -0.15) is 0 Å². The number of carboxylic acid groups (broad SMARTS) is 1. The van der Waals surface area contributed by atoms with Crippen LogP contribution in [0.5, 0.6) is 0 Å². The first-order valence-electron chi connectivity index (χ1n) is 5.30. The van der Waals surface area contributed by atoms with Crippen molar-refractivity contribution < 1.29 is 24.2 Å². The minimum absolute atomic E-state index is 0.00694. The number of carbonyl (C=O) groups excluding carboxylic acids is 2. The molecule has 5 heteroatoms. The zero-order chi connectivity index (χ0) is 12.8. The minimum atomic E-state index is -1.58. The van der Waals surface area contributed by atoms with E-state index in [-0.39, 0.29) is 31.7 Å². The van der Waals surface area contributed by atoms with Crippen LogP contribution in [0.3, 0.4) is 0 Å². The Morgan fingerprint density at radius 3 is 2.12 bits per heavy atom. The third-order valence-electron chi connectivity index (χ3n) is 2.58. The van der Waals surface area contributed by atoms with E-state index < -0.39 is 17.4 Å². The summed E-state index contributed by atoms with van der Waals surface area (Å²) in [5.74, 6) is -2.12. The molecule has 0 aliphatic carbocycles. The lowest BCUT2D eigenvalue weighted by atomic mass is 9.80. The lowest BCUT2D eigenvalue weighted by molar-refractivity contribution is -0.169. The van der Waals surface area contributed by atoms with E-state index >= 15 is 0 Å². The molecule has 1 N–H and O–H groups in total. The Kier molecular flexibility index (Phi) is 5.71. The summed E-state index contributed by atoms with van der Waals surface area (Å²) < 4.78 is 4.76. The van der Waals surface area contributed by atoms with Crippen molar-refractivity contribution in [3.63, 3.8) is 0 Å². The van der Waals surface area contributed by atoms with Gasteiger partial charge < -0.3 is 14.6 Å². The van der Waals surface area contributed by atoms with Gasteiger partial charge in [-0.15, -0.1) is 0 Å². The zero-order valence-electron chi connectivity index (χ0n) is 9.91. The number of Topliss-reactive ketones (excluding diaryl/α,β-unsaturated/α-hetero) is 1. The highest BCUT2D eigenvalue weighted by atomic mass is 16.5. The third kappa shape index (κ3) is 3.32. The Balaban J connectivity index is 4.91. The van der Waals surface area contributed by atoms with Gasteiger partial charge in [0.05, 0.1) is 6.61 Å². The van der Waals surface area contributed by atoms with Crippen molar-refractivity contribution in [1.82, 2.24) is 0 Å². The number of hydrogen-bond acceptors (Lipinski definition) is 4. The van der Waals surface area contributed by atoms with Gasteiger partial charge in [-0.3, -0.25) is 9.59 Å². The summed E-state index contributed by atoms with van der Waals surface area (Å²) in [6.45, 7) is 4.72. The zero-order valence-corrected chi connectivity index (χ0v) is 9.91. The average molecular weight is 230 g/mol. The first-order valence-corrected chi connectivity index (χ1v) is 5.30. The van der Waals surface area contributed by atoms with Crippen LogP contribution in [0, 0.1) is 5.41 Å². The van der Waals surface area contributed by atoms with Gasteiger partial charge >= 0.3 is 11.9 Å². The number of carbonyl (C=O) groups is 3. The second-order valence-electron chi connectivity index (χ2n) is 3.66. The van der Waals surface area contributed by atoms with Crippen LogP contribution in [0.4, 0.5) is 0 Å². The Hall–Kier alpha value is -1.39. The Morgan fingerprint density at radius 2 is 1.81 bits per heavy atom. The van der Waals surface area contributed by atoms with Gasteiger partial charge in [0.2, 0.25) is 0 Å². The molecule has 0 aliphatic rings. The molecular formula is C11H18O5. The van der Waals surface area contributed by atoms with Gasteiger partial charge in [0.15, 0.2) is 5.41 Å². The summed E-state index contributed by atoms with van der Waals surface area (Å²) >= 11 is 0. The normalized spacial score (nSPS) is 13.9. The molecule has 0 aromatic carbocycles. The topological polar surface area (TPSA) is 80.7 Å². The van der Waals surface area contributed by atoms with Gasteiger partial charge in [-0.25, -0.2) is 0 Å². The highest BCUT2D eigenvalue weighted by molar-refractivity contribution is 5.99. The van der Waals surface area contributed by atoms with E-state index in [2.05, 4.69) is 0 Å². The van der Waals surface area contributed by atoms with Crippen LogP contribution in [0.1, 0.15) is 40.0 Å². The van der Waals surface area contributed by atoms with Crippen molar-refractivity contribution >= 4 is 17.7 Å². The molecule has 0 aliphatic heterocycles. The molecule has 5 nitrogen and oxygen atoms in total. The van der Waals surface area contributed by atoms with E-state index in [1.807, 2.05) is 0 Å². The molecule has 0 aromatic heterocycles. The number of aliphatic carboxylic acids is 1. The fraction of sp³-hybridized carbons (Fsp3) is 0.727. The molecule has 0 rings (SSSR count). The first kappa shape index (κ1) is 14.6. The summed E-state index contributed by atoms with van der Waals surface area (Å²) in [5.41, 5.74) is -1.58. The molecule has 1 unspecified atom stereocenters. The van der Waals surface area contributed by atoms with Gasteiger partial charge in [0.1, 0.15) is 5.78 Å². The van der Waals surface area contributed by atoms with Crippen molar-refractivity contribution in [1.29, 1.82) is 0 Å². The maximum atomic E-state index is 11.6. The van der Waals surface area contributed by atoms with Gasteiger partial charge in [0, 0.05) is 6.42 Å². The molecule has 1 atom stereocenters. The number of ether oxygens (including phenoxy) is 1. The summed E-state index contributed by atoms with van der Waals surface area (Å²) in [7, 11) is 0. The molecule has 0 aromatic rings. The summed E-state index contributed by atoms with van der Waals surface area (Å²) in [6.07, 6.45) is 0.181. The maximum Gasteiger partial charge on any atom is 0.323 e. The number of hydrogen-bond donors (Lipinski definition) is 1. The smallest absolute Gasteiger partial charge is 0.323 e. The quantitative estimate of drug-likeness (QED) is 0.528. The van der Waals surface area contributed by atoms with E-state index in [1.165, 1.54) is 6.92 Å². The predicted molar refractivity (Wildman–Crippen MR) is 56.9 cm³/mol. The molecule has 92 valence electrons. The Morgan fingerprint density at radius 1 is 1.25 bits per heavy atom. The molecule has 0 heterocycles. The number of esters is 1. The first-order chi connectivity index (χ1) is 7.40. The van der Waals surface area contributed by atoms with E-state index in [4.69, 9.17) is 9.84 Å². The second-order valence-corrected chi connectivity index (χ2v) is 3.66. The van der Waals surface area contributed by atoms with E-state index in [9.17, 15) is 14.4 Å². The molecule has 0 spiro atoms. The number of ketones is 1. The summed E-state index contributed by atoms with van der Waals surface area (Å²) in [6, 6.07) is 0. The van der Waals surface area contributed by atoms with Crippen LogP contribution in [0.2, 0.25) is 0 Å². The highest BCUT2D eigenvalue weighted by Crippen LogP contribution is 2.30. The molecule has 0 saturated heterocycles. The van der Waals surface area contributed by atoms with Crippen molar-refractivity contribution in [3.05, 3.63) is 0 Å². The second kappa shape index (κ2) is 6.25. The largest absolute Gasteiger partial charge is 0.480 e. The van der Waals surface area contributed by atoms with Crippen LogP contribution in [0.25, 0.3) is 0 Å². The van der Waals surface area contributed by atoms with Crippen LogP contribution >= 0.6 is 0 Å². The van der Waals surface area contributed by atoms with Gasteiger partial charge in [0.25, 0.3) is 0 Å². The monoisotopic (exact) mass is 230 g/mol. The van der Waals surface area contributed by atoms with Crippen molar-refractivity contribution in [2.75, 3.05) is 6.61 Å². The molecule has 0 saturated carbocycles. The lowest BCUT2D eigenvalue weighted by Crippen LogP contribution is -2.40. The average Bonchev–Trinajstić information content (AvgIpc) is 2.18. The van der Waals surface area contributed by atoms with Crippen molar-refractivity contribution in [2.24, 2.45) is 5.41 Å². The van der Waals surface area contributed by atoms with Crippen molar-refractivity contribution in [3.8, 4) is 0 Å². The highest BCUT2D eigenvalue weighted by Gasteiger charge is 2.45. The van der Waals surface area contributed by atoms with E-state index in [0.717, 1.165) is 0 Å². The number of rotatable bonds is 7. The molecule has 0 radical (unpaired) electrons. The van der Waals surface area contributed by atoms with Crippen molar-refractivity contribution in [2.45, 2.75) is 40.0 Å². The molecule has 0 bridgehead atoms. The Bertz CT molecular complexity index is 284. The van der Waals surface area contributed by atoms with Crippen LogP contribution in [-0.2, 0) is 19.1 Å². The summed E-state index contributed by atoms with van der Waals surface area (Å²) in [5, 5.41) is 9.12. The third-order valence-corrected chi connectivity index (χ3v) is 2.58. The molecular weight excluding hydrogens is 212 g/mol. The SMILES string of the molecule is CCOC(=O)C(CC)(CCC(C)=O)C(=O)O. The Labute approximate surface area is 94.8 Å². The van der Waals surface area contributed by atoms with E-state index in [0.29, 0.717) is 0 Å². The standard InChI is InChI=1S/C11H18O5/c1-4-11(9(13)14,7-6-8(3)12)10(15)16-5-2/h4-7H2,1-3H3,(H,13,14). The fourth-order valence-corrected chi connectivity index (χ4v) is 1.43. The van der Waals surface area contributed by atoms with Crippen LogP contribution < -0.4 is 0 Å². The van der Waals surface area contributed by atoms with Crippen LogP contribution in [-0.4, -0.2) is 29.4 Å². The lowest BCUT2D eigenvalue weighted by Gasteiger charge is -2.25. The molecule has 16 heavy (non-hydrogen) atoms. The number of carboxylic acids is 1. The van der Waals surface area contributed by atoms with Gasteiger partial charge in [-0.05, 0) is 26.7 Å². The van der Waals surface area contributed by atoms with Gasteiger partial charge in [-0.1, -0.05) is 6.92 Å². The minimum Gasteiger partial charge on any atom is -0.480 e. The molecule has 0 fully saturated rings. The van der Waals surface area contributed by atoms with E-state index in [1.54, 1.807) is 13.8 Å². The fourth-order valence-electron chi connectivity index (χ4n) is 1.43. The molecule has 0 amide bonds. The maximum absolute atomic E-state index is 11.6. The summed E-state index contributed by atoms with van der Waals surface area (Å²) in [4.78, 5) is 33.7. The van der Waals surface area contributed by atoms with Crippen LogP contribution in [0.15, 0.2) is 0 Å². The predicted octanol–water partition coefficient (Wildman–Crippen LogP) is 1.40.